The average Bonchev–Trinajstić information content (AvgIpc) is 2.38. The van der Waals surface area contributed by atoms with Gasteiger partial charge >= 0.3 is 5.97 Å². The van der Waals surface area contributed by atoms with Crippen molar-refractivity contribution in [3.63, 3.8) is 0 Å². The Bertz CT molecular complexity index is 484. The van der Waals surface area contributed by atoms with E-state index < -0.39 is 5.97 Å². The van der Waals surface area contributed by atoms with Crippen LogP contribution >= 0.6 is 23.4 Å². The summed E-state index contributed by atoms with van der Waals surface area (Å²) in [6.07, 6.45) is 3.59. The maximum Gasteiger partial charge on any atom is 0.303 e. The fourth-order valence-electron chi connectivity index (χ4n) is 1.35. The lowest BCUT2D eigenvalue weighted by molar-refractivity contribution is -0.137. The number of halogens is 1. The lowest BCUT2D eigenvalue weighted by Gasteiger charge is -2.16. The van der Waals surface area contributed by atoms with Crippen LogP contribution in [0.25, 0.3) is 0 Å². The molecule has 0 unspecified atom stereocenters. The maximum absolute atomic E-state index is 12.1. The molecule has 1 N–H and O–H groups in total. The van der Waals surface area contributed by atoms with Gasteiger partial charge in [-0.25, -0.2) is 9.97 Å². The van der Waals surface area contributed by atoms with Gasteiger partial charge in [-0.05, 0) is 12.7 Å². The Labute approximate surface area is 120 Å². The number of hydrogen-bond acceptors (Lipinski definition) is 5. The van der Waals surface area contributed by atoms with E-state index in [9.17, 15) is 9.59 Å². The second kappa shape index (κ2) is 7.30. The van der Waals surface area contributed by atoms with Crippen molar-refractivity contribution < 1.29 is 14.7 Å². The van der Waals surface area contributed by atoms with Gasteiger partial charge in [-0.15, -0.1) is 0 Å². The van der Waals surface area contributed by atoms with Crippen molar-refractivity contribution in [2.45, 2.75) is 18.0 Å². The number of amides is 1. The minimum atomic E-state index is -0.884. The Balaban J connectivity index is 2.73. The van der Waals surface area contributed by atoms with Crippen LogP contribution in [0.1, 0.15) is 23.3 Å². The summed E-state index contributed by atoms with van der Waals surface area (Å²) in [5.41, 5.74) is 0.138. The van der Waals surface area contributed by atoms with E-state index >= 15 is 0 Å². The van der Waals surface area contributed by atoms with Gasteiger partial charge in [-0.1, -0.05) is 23.4 Å². The highest BCUT2D eigenvalue weighted by Crippen LogP contribution is 2.17. The number of aliphatic carboxylic acids is 1. The van der Waals surface area contributed by atoms with E-state index in [2.05, 4.69) is 9.97 Å². The fraction of sp³-hybridized carbons (Fsp3) is 0.455. The molecule has 0 spiro atoms. The van der Waals surface area contributed by atoms with Gasteiger partial charge in [0.25, 0.3) is 5.91 Å². The van der Waals surface area contributed by atoms with Crippen LogP contribution in [-0.2, 0) is 4.79 Å². The highest BCUT2D eigenvalue weighted by atomic mass is 35.5. The van der Waals surface area contributed by atoms with Crippen molar-refractivity contribution in [3.05, 3.63) is 16.9 Å². The van der Waals surface area contributed by atoms with E-state index in [0.29, 0.717) is 18.1 Å². The second-order valence-corrected chi connectivity index (χ2v) is 4.96. The van der Waals surface area contributed by atoms with Gasteiger partial charge in [-0.2, -0.15) is 0 Å². The molecule has 8 heteroatoms. The minimum Gasteiger partial charge on any atom is -0.481 e. The van der Waals surface area contributed by atoms with Gasteiger partial charge in [0.05, 0.1) is 11.2 Å². The Kier molecular flexibility index (Phi) is 6.04. The highest BCUT2D eigenvalue weighted by Gasteiger charge is 2.18. The third-order valence-electron chi connectivity index (χ3n) is 2.34. The lowest BCUT2D eigenvalue weighted by Crippen LogP contribution is -2.29. The van der Waals surface area contributed by atoms with E-state index in [4.69, 9.17) is 16.7 Å². The predicted octanol–water partition coefficient (Wildman–Crippen LogP) is 1.79. The maximum atomic E-state index is 12.1. The molecule has 0 atom stereocenters. The van der Waals surface area contributed by atoms with Crippen molar-refractivity contribution in [1.29, 1.82) is 0 Å². The normalized spacial score (nSPS) is 10.3. The van der Waals surface area contributed by atoms with Crippen LogP contribution in [-0.4, -0.2) is 51.7 Å². The number of aromatic nitrogens is 2. The summed E-state index contributed by atoms with van der Waals surface area (Å²) < 4.78 is 0. The number of carboxylic acids is 1. The van der Waals surface area contributed by atoms with Crippen molar-refractivity contribution >= 4 is 35.2 Å². The van der Waals surface area contributed by atoms with Crippen molar-refractivity contribution in [2.75, 3.05) is 19.8 Å². The van der Waals surface area contributed by atoms with Crippen molar-refractivity contribution in [2.24, 2.45) is 0 Å². The minimum absolute atomic E-state index is 0.0190. The summed E-state index contributed by atoms with van der Waals surface area (Å²) in [6.45, 7) is 0.333. The molecule has 19 heavy (non-hydrogen) atoms. The Morgan fingerprint density at radius 3 is 2.79 bits per heavy atom. The summed E-state index contributed by atoms with van der Waals surface area (Å²) in [6, 6.07) is 0. The number of hydrogen-bond donors (Lipinski definition) is 1. The molecule has 1 aromatic heterocycles. The van der Waals surface area contributed by atoms with E-state index in [1.54, 1.807) is 13.3 Å². The quantitative estimate of drug-likeness (QED) is 0.637. The first-order valence-corrected chi connectivity index (χ1v) is 7.09. The molecule has 0 bridgehead atoms. The first kappa shape index (κ1) is 15.7. The molecule has 0 saturated heterocycles. The fourth-order valence-corrected chi connectivity index (χ4v) is 1.86. The molecule has 1 heterocycles. The third-order valence-corrected chi connectivity index (χ3v) is 3.18. The van der Waals surface area contributed by atoms with Crippen LogP contribution < -0.4 is 0 Å². The third kappa shape index (κ3) is 4.68. The molecule has 0 aliphatic rings. The second-order valence-electron chi connectivity index (χ2n) is 3.78. The van der Waals surface area contributed by atoms with Crippen LogP contribution in [0.2, 0.25) is 5.02 Å². The summed E-state index contributed by atoms with van der Waals surface area (Å²) in [5.74, 6) is -1.22. The summed E-state index contributed by atoms with van der Waals surface area (Å²) >= 11 is 7.21. The largest absolute Gasteiger partial charge is 0.481 e. The van der Waals surface area contributed by atoms with Gasteiger partial charge < -0.3 is 10.0 Å². The highest BCUT2D eigenvalue weighted by molar-refractivity contribution is 7.98. The predicted molar refractivity (Wildman–Crippen MR) is 72.7 cm³/mol. The molecule has 104 valence electrons. The molecular formula is C11H14ClN3O3S. The number of thioether (sulfide) groups is 1. The number of carbonyl (C=O) groups is 2. The monoisotopic (exact) mass is 303 g/mol. The molecular weight excluding hydrogens is 290 g/mol. The van der Waals surface area contributed by atoms with Gasteiger partial charge in [0.2, 0.25) is 0 Å². The first-order valence-electron chi connectivity index (χ1n) is 5.49. The van der Waals surface area contributed by atoms with Crippen LogP contribution in [0.5, 0.6) is 0 Å². The number of carboxylic acid groups (broad SMARTS) is 1. The summed E-state index contributed by atoms with van der Waals surface area (Å²) in [4.78, 5) is 31.9. The smallest absolute Gasteiger partial charge is 0.303 e. The molecule has 1 amide bonds. The standard InChI is InChI=1S/C11H14ClN3O3S/c1-15(5-3-4-8(16)17)10(18)9-7(12)6-13-11(14-9)19-2/h6H,3-5H2,1-2H3,(H,16,17). The van der Waals surface area contributed by atoms with E-state index in [1.807, 2.05) is 0 Å². The number of carbonyl (C=O) groups excluding carboxylic acids is 1. The first-order chi connectivity index (χ1) is 8.95. The zero-order valence-corrected chi connectivity index (χ0v) is 12.2. The molecule has 1 aromatic rings. The number of rotatable bonds is 6. The Morgan fingerprint density at radius 2 is 2.21 bits per heavy atom. The SMILES string of the molecule is CSc1ncc(Cl)c(C(=O)N(C)CCCC(=O)O)n1. The van der Waals surface area contributed by atoms with E-state index in [0.717, 1.165) is 0 Å². The van der Waals surface area contributed by atoms with Crippen molar-refractivity contribution in [1.82, 2.24) is 14.9 Å². The van der Waals surface area contributed by atoms with Crippen molar-refractivity contribution in [3.8, 4) is 0 Å². The van der Waals surface area contributed by atoms with Crippen LogP contribution in [0.15, 0.2) is 11.4 Å². The average molecular weight is 304 g/mol. The molecule has 0 aliphatic carbocycles. The lowest BCUT2D eigenvalue weighted by atomic mass is 10.3. The molecule has 0 aromatic carbocycles. The van der Waals surface area contributed by atoms with E-state index in [-0.39, 0.29) is 23.0 Å². The van der Waals surface area contributed by atoms with Crippen LogP contribution in [0, 0.1) is 0 Å². The zero-order valence-electron chi connectivity index (χ0n) is 10.6. The van der Waals surface area contributed by atoms with Crippen LogP contribution in [0.3, 0.4) is 0 Å². The summed E-state index contributed by atoms with van der Waals surface area (Å²) in [7, 11) is 1.58. The molecule has 0 radical (unpaired) electrons. The van der Waals surface area contributed by atoms with Gasteiger partial charge in [0.1, 0.15) is 0 Å². The molecule has 0 aliphatic heterocycles. The molecule has 6 nitrogen and oxygen atoms in total. The topological polar surface area (TPSA) is 83.4 Å². The molecule has 1 rings (SSSR count). The van der Waals surface area contributed by atoms with Gasteiger partial charge in [0, 0.05) is 20.0 Å². The Morgan fingerprint density at radius 1 is 1.53 bits per heavy atom. The zero-order chi connectivity index (χ0) is 14.4. The molecule has 0 saturated carbocycles. The summed E-state index contributed by atoms with van der Waals surface area (Å²) in [5, 5.41) is 9.20. The molecule has 0 fully saturated rings. The van der Waals surface area contributed by atoms with Gasteiger partial charge in [-0.3, -0.25) is 9.59 Å². The number of nitrogens with zero attached hydrogens (tertiary/aromatic N) is 3. The van der Waals surface area contributed by atoms with Gasteiger partial charge in [0.15, 0.2) is 10.9 Å². The van der Waals surface area contributed by atoms with E-state index in [1.165, 1.54) is 22.9 Å². The Hall–Kier alpha value is -1.34. The van der Waals surface area contributed by atoms with Crippen LogP contribution in [0.4, 0.5) is 0 Å².